The van der Waals surface area contributed by atoms with Gasteiger partial charge in [0.1, 0.15) is 11.3 Å². The minimum absolute atomic E-state index is 0.0742. The molecule has 0 radical (unpaired) electrons. The molecule has 0 aliphatic carbocycles. The lowest BCUT2D eigenvalue weighted by atomic mass is 10.1. The van der Waals surface area contributed by atoms with E-state index in [4.69, 9.17) is 16.3 Å². The van der Waals surface area contributed by atoms with E-state index in [-0.39, 0.29) is 5.57 Å². The summed E-state index contributed by atoms with van der Waals surface area (Å²) in [6, 6.07) is 13.7. The van der Waals surface area contributed by atoms with Crippen LogP contribution in [0.1, 0.15) is 5.56 Å². The summed E-state index contributed by atoms with van der Waals surface area (Å²) in [6.07, 6.45) is 1.55. The lowest BCUT2D eigenvalue weighted by molar-refractivity contribution is -0.117. The molecule has 1 heterocycles. The Labute approximate surface area is 138 Å². The lowest BCUT2D eigenvalue weighted by Gasteiger charge is -2.14. The number of carbonyl (C=O) groups excluding carboxylic acids is 2. The molecule has 0 aromatic heterocycles. The summed E-state index contributed by atoms with van der Waals surface area (Å²) in [6.45, 7) is 0. The maximum atomic E-state index is 12.4. The first-order valence-electron chi connectivity index (χ1n) is 6.85. The van der Waals surface area contributed by atoms with E-state index in [1.807, 2.05) is 0 Å². The first kappa shape index (κ1) is 15.1. The van der Waals surface area contributed by atoms with Crippen molar-refractivity contribution in [3.63, 3.8) is 0 Å². The van der Waals surface area contributed by atoms with Crippen LogP contribution in [0.5, 0.6) is 5.75 Å². The van der Waals surface area contributed by atoms with Crippen LogP contribution in [0.4, 0.5) is 5.69 Å². The molecular weight excluding hydrogens is 316 g/mol. The monoisotopic (exact) mass is 328 g/mol. The fourth-order valence-electron chi connectivity index (χ4n) is 2.20. The molecule has 0 saturated carbocycles. The van der Waals surface area contributed by atoms with Gasteiger partial charge in [-0.05, 0) is 48.0 Å². The Kier molecular flexibility index (Phi) is 4.04. The molecule has 0 bridgehead atoms. The molecule has 6 heteroatoms. The summed E-state index contributed by atoms with van der Waals surface area (Å²) in [5.74, 6) is -0.147. The normalized spacial score (nSPS) is 15.9. The van der Waals surface area contributed by atoms with Gasteiger partial charge in [-0.3, -0.25) is 15.0 Å². The van der Waals surface area contributed by atoms with Gasteiger partial charge < -0.3 is 4.74 Å². The van der Waals surface area contributed by atoms with Crippen LogP contribution in [0.25, 0.3) is 6.08 Å². The number of anilines is 1. The van der Waals surface area contributed by atoms with Gasteiger partial charge in [-0.1, -0.05) is 23.7 Å². The molecule has 1 N–H and O–H groups in total. The first-order valence-corrected chi connectivity index (χ1v) is 7.23. The molecule has 2 aromatic carbocycles. The summed E-state index contributed by atoms with van der Waals surface area (Å²) in [4.78, 5) is 24.5. The highest BCUT2D eigenvalue weighted by molar-refractivity contribution is 6.32. The summed E-state index contributed by atoms with van der Waals surface area (Å²) in [5, 5.41) is 1.76. The van der Waals surface area contributed by atoms with Crippen molar-refractivity contribution in [1.82, 2.24) is 5.43 Å². The number of halogens is 1. The van der Waals surface area contributed by atoms with Crippen molar-refractivity contribution in [3.8, 4) is 5.75 Å². The summed E-state index contributed by atoms with van der Waals surface area (Å²) >= 11 is 5.83. The van der Waals surface area contributed by atoms with Gasteiger partial charge in [0.25, 0.3) is 11.8 Å². The summed E-state index contributed by atoms with van der Waals surface area (Å²) < 4.78 is 5.08. The molecule has 2 aromatic rings. The van der Waals surface area contributed by atoms with E-state index in [1.54, 1.807) is 61.7 Å². The Hall–Kier alpha value is -2.79. The number of hydrogen-bond acceptors (Lipinski definition) is 3. The predicted molar refractivity (Wildman–Crippen MR) is 88.1 cm³/mol. The molecule has 116 valence electrons. The molecule has 2 amide bonds. The van der Waals surface area contributed by atoms with Crippen molar-refractivity contribution < 1.29 is 14.3 Å². The number of ether oxygens (including phenoxy) is 1. The van der Waals surface area contributed by atoms with Crippen LogP contribution in [0.3, 0.4) is 0 Å². The van der Waals surface area contributed by atoms with Crippen LogP contribution in [0.15, 0.2) is 54.1 Å². The molecule has 1 aliphatic heterocycles. The molecule has 5 nitrogen and oxygen atoms in total. The number of hydrazine groups is 1. The highest BCUT2D eigenvalue weighted by Gasteiger charge is 2.34. The van der Waals surface area contributed by atoms with Gasteiger partial charge in [0, 0.05) is 5.02 Å². The fraction of sp³-hybridized carbons (Fsp3) is 0.0588. The van der Waals surface area contributed by atoms with Crippen molar-refractivity contribution in [2.75, 3.05) is 12.1 Å². The Morgan fingerprint density at radius 3 is 2.30 bits per heavy atom. The standard InChI is InChI=1S/C17H13ClN2O3/c1-23-14-8-2-11(3-9-14)10-15-16(21)19-20(17(15)22)13-6-4-12(18)5-7-13/h2-10H,1H3,(H,19,21). The third kappa shape index (κ3) is 3.05. The Balaban J connectivity index is 1.88. The van der Waals surface area contributed by atoms with Crippen molar-refractivity contribution in [1.29, 1.82) is 0 Å². The molecule has 1 saturated heterocycles. The van der Waals surface area contributed by atoms with Gasteiger partial charge in [-0.25, -0.2) is 5.01 Å². The fourth-order valence-corrected chi connectivity index (χ4v) is 2.32. The lowest BCUT2D eigenvalue weighted by Crippen LogP contribution is -2.35. The molecule has 0 unspecified atom stereocenters. The number of amides is 2. The highest BCUT2D eigenvalue weighted by atomic mass is 35.5. The van der Waals surface area contributed by atoms with E-state index in [2.05, 4.69) is 5.43 Å². The van der Waals surface area contributed by atoms with Crippen molar-refractivity contribution in [2.24, 2.45) is 0 Å². The Morgan fingerprint density at radius 2 is 1.70 bits per heavy atom. The average Bonchev–Trinajstić information content (AvgIpc) is 2.84. The van der Waals surface area contributed by atoms with Gasteiger partial charge in [0.05, 0.1) is 12.8 Å². The van der Waals surface area contributed by atoms with E-state index >= 15 is 0 Å². The number of benzene rings is 2. The molecule has 3 rings (SSSR count). The third-order valence-electron chi connectivity index (χ3n) is 3.40. The number of methoxy groups -OCH3 is 1. The maximum Gasteiger partial charge on any atom is 0.282 e. The van der Waals surface area contributed by atoms with E-state index in [1.165, 1.54) is 5.01 Å². The molecule has 0 spiro atoms. The summed E-state index contributed by atoms with van der Waals surface area (Å²) in [7, 11) is 1.57. The van der Waals surface area contributed by atoms with Crippen LogP contribution in [-0.2, 0) is 9.59 Å². The minimum Gasteiger partial charge on any atom is -0.497 e. The second kappa shape index (κ2) is 6.14. The second-order valence-electron chi connectivity index (χ2n) is 4.89. The van der Waals surface area contributed by atoms with Crippen molar-refractivity contribution in [3.05, 3.63) is 64.7 Å². The number of rotatable bonds is 3. The maximum absolute atomic E-state index is 12.4. The third-order valence-corrected chi connectivity index (χ3v) is 3.66. The zero-order valence-corrected chi connectivity index (χ0v) is 13.0. The topological polar surface area (TPSA) is 58.6 Å². The number of hydrogen-bond donors (Lipinski definition) is 1. The zero-order valence-electron chi connectivity index (χ0n) is 12.2. The van der Waals surface area contributed by atoms with Gasteiger partial charge in [0.15, 0.2) is 0 Å². The first-order chi connectivity index (χ1) is 11.1. The largest absolute Gasteiger partial charge is 0.497 e. The average molecular weight is 329 g/mol. The van der Waals surface area contributed by atoms with E-state index in [0.29, 0.717) is 16.5 Å². The quantitative estimate of drug-likeness (QED) is 0.696. The molecule has 1 fully saturated rings. The highest BCUT2D eigenvalue weighted by Crippen LogP contribution is 2.23. The van der Waals surface area contributed by atoms with Crippen LogP contribution >= 0.6 is 11.6 Å². The van der Waals surface area contributed by atoms with E-state index in [9.17, 15) is 9.59 Å². The number of nitrogens with one attached hydrogen (secondary N) is 1. The van der Waals surface area contributed by atoms with Gasteiger partial charge in [-0.15, -0.1) is 0 Å². The van der Waals surface area contributed by atoms with Gasteiger partial charge >= 0.3 is 0 Å². The van der Waals surface area contributed by atoms with Crippen molar-refractivity contribution >= 4 is 35.2 Å². The molecule has 23 heavy (non-hydrogen) atoms. The molecule has 1 aliphatic rings. The number of carbonyl (C=O) groups is 2. The van der Waals surface area contributed by atoms with E-state index in [0.717, 1.165) is 5.56 Å². The van der Waals surface area contributed by atoms with Crippen LogP contribution in [0.2, 0.25) is 5.02 Å². The minimum atomic E-state index is -0.444. The Bertz CT molecular complexity index is 782. The Morgan fingerprint density at radius 1 is 1.04 bits per heavy atom. The molecule has 0 atom stereocenters. The summed E-state index contributed by atoms with van der Waals surface area (Å²) in [5.41, 5.74) is 3.90. The van der Waals surface area contributed by atoms with Crippen LogP contribution in [0, 0.1) is 0 Å². The predicted octanol–water partition coefficient (Wildman–Crippen LogP) is 2.81. The SMILES string of the molecule is COc1ccc(C=C2C(=O)NN(c3ccc(Cl)cc3)C2=O)cc1. The zero-order chi connectivity index (χ0) is 16.4. The van der Waals surface area contributed by atoms with Gasteiger partial charge in [-0.2, -0.15) is 0 Å². The smallest absolute Gasteiger partial charge is 0.282 e. The molecular formula is C17H13ClN2O3. The van der Waals surface area contributed by atoms with Gasteiger partial charge in [0.2, 0.25) is 0 Å². The van der Waals surface area contributed by atoms with Crippen LogP contribution < -0.4 is 15.2 Å². The van der Waals surface area contributed by atoms with E-state index < -0.39 is 11.8 Å². The van der Waals surface area contributed by atoms with Crippen LogP contribution in [-0.4, -0.2) is 18.9 Å². The second-order valence-corrected chi connectivity index (χ2v) is 5.33. The van der Waals surface area contributed by atoms with Crippen molar-refractivity contribution in [2.45, 2.75) is 0 Å². The number of nitrogens with zero attached hydrogens (tertiary/aromatic N) is 1.